The van der Waals surface area contributed by atoms with E-state index in [2.05, 4.69) is 16.0 Å². The van der Waals surface area contributed by atoms with Crippen molar-refractivity contribution in [3.05, 3.63) is 35.1 Å². The molecule has 9 heteroatoms. The van der Waals surface area contributed by atoms with Gasteiger partial charge in [-0.15, -0.1) is 0 Å². The topological polar surface area (TPSA) is 70.2 Å². The SMILES string of the molecule is O=C(N[C@@H]1CCCNC1)[C@H](CC1CCCCC1)NC(=O)C1(c2ccc(C(F)(F)F)cc2F)CC1. The second-order valence-electron chi connectivity index (χ2n) is 10.1. The number of hydrogen-bond donors (Lipinski definition) is 3. The van der Waals surface area contributed by atoms with Crippen molar-refractivity contribution in [1.29, 1.82) is 0 Å². The van der Waals surface area contributed by atoms with Crippen molar-refractivity contribution < 1.29 is 27.2 Å². The van der Waals surface area contributed by atoms with E-state index in [4.69, 9.17) is 0 Å². The van der Waals surface area contributed by atoms with Crippen LogP contribution in [0.3, 0.4) is 0 Å². The third-order valence-corrected chi connectivity index (χ3v) is 7.56. The van der Waals surface area contributed by atoms with Crippen LogP contribution >= 0.6 is 0 Å². The Balaban J connectivity index is 1.49. The number of amides is 2. The van der Waals surface area contributed by atoms with Crippen molar-refractivity contribution in [2.24, 2.45) is 5.92 Å². The summed E-state index contributed by atoms with van der Waals surface area (Å²) >= 11 is 0. The van der Waals surface area contributed by atoms with Gasteiger partial charge in [0, 0.05) is 18.2 Å². The van der Waals surface area contributed by atoms with E-state index in [9.17, 15) is 27.2 Å². The Morgan fingerprint density at radius 3 is 2.41 bits per heavy atom. The Labute approximate surface area is 197 Å². The zero-order chi connectivity index (χ0) is 24.3. The number of benzene rings is 1. The molecule has 0 bridgehead atoms. The molecule has 3 N–H and O–H groups in total. The molecule has 1 aliphatic heterocycles. The molecular formula is C25H33F4N3O2. The van der Waals surface area contributed by atoms with Gasteiger partial charge >= 0.3 is 6.18 Å². The number of rotatable bonds is 7. The number of hydrogen-bond acceptors (Lipinski definition) is 3. The van der Waals surface area contributed by atoms with Crippen LogP contribution in [0, 0.1) is 11.7 Å². The van der Waals surface area contributed by atoms with Crippen LogP contribution in [0.25, 0.3) is 0 Å². The lowest BCUT2D eigenvalue weighted by molar-refractivity contribution is -0.137. The Morgan fingerprint density at radius 1 is 1.09 bits per heavy atom. The van der Waals surface area contributed by atoms with Crippen molar-refractivity contribution in [2.75, 3.05) is 13.1 Å². The molecule has 0 spiro atoms. The summed E-state index contributed by atoms with van der Waals surface area (Å²) in [7, 11) is 0. The lowest BCUT2D eigenvalue weighted by atomic mass is 9.84. The molecule has 3 fully saturated rings. The Hall–Kier alpha value is -2.16. The predicted octanol–water partition coefficient (Wildman–Crippen LogP) is 4.20. The fourth-order valence-corrected chi connectivity index (χ4v) is 5.38. The smallest absolute Gasteiger partial charge is 0.350 e. The molecule has 2 atom stereocenters. The van der Waals surface area contributed by atoms with Crippen LogP contribution < -0.4 is 16.0 Å². The minimum absolute atomic E-state index is 0.00532. The van der Waals surface area contributed by atoms with Gasteiger partial charge in [-0.1, -0.05) is 38.2 Å². The minimum atomic E-state index is -4.66. The number of carbonyl (C=O) groups excluding carboxylic acids is 2. The monoisotopic (exact) mass is 483 g/mol. The summed E-state index contributed by atoms with van der Waals surface area (Å²) < 4.78 is 53.5. The van der Waals surface area contributed by atoms with Crippen molar-refractivity contribution in [1.82, 2.24) is 16.0 Å². The van der Waals surface area contributed by atoms with E-state index in [1.807, 2.05) is 0 Å². The van der Waals surface area contributed by atoms with Crippen LogP contribution in [0.2, 0.25) is 0 Å². The first-order valence-electron chi connectivity index (χ1n) is 12.4. The Bertz CT molecular complexity index is 889. The quantitative estimate of drug-likeness (QED) is 0.509. The molecule has 1 saturated heterocycles. The molecule has 188 valence electrons. The lowest BCUT2D eigenvalue weighted by Crippen LogP contribution is -2.55. The Morgan fingerprint density at radius 2 is 1.82 bits per heavy atom. The summed E-state index contributed by atoms with van der Waals surface area (Å²) in [4.78, 5) is 26.5. The fourth-order valence-electron chi connectivity index (χ4n) is 5.38. The van der Waals surface area contributed by atoms with Crippen molar-refractivity contribution >= 4 is 11.8 Å². The largest absolute Gasteiger partial charge is 0.416 e. The fraction of sp³-hybridized carbons (Fsp3) is 0.680. The van der Waals surface area contributed by atoms with E-state index in [0.29, 0.717) is 37.8 Å². The van der Waals surface area contributed by atoms with Gasteiger partial charge in [-0.05, 0) is 56.7 Å². The van der Waals surface area contributed by atoms with Gasteiger partial charge < -0.3 is 16.0 Å². The first-order valence-corrected chi connectivity index (χ1v) is 12.4. The van der Waals surface area contributed by atoms with Crippen molar-refractivity contribution in [3.63, 3.8) is 0 Å². The number of halogens is 4. The van der Waals surface area contributed by atoms with E-state index in [0.717, 1.165) is 57.2 Å². The predicted molar refractivity (Wildman–Crippen MR) is 119 cm³/mol. The maximum atomic E-state index is 14.7. The highest BCUT2D eigenvalue weighted by Crippen LogP contribution is 2.50. The average molecular weight is 484 g/mol. The molecular weight excluding hydrogens is 450 g/mol. The number of piperidine rings is 1. The zero-order valence-corrected chi connectivity index (χ0v) is 19.3. The third kappa shape index (κ3) is 5.73. The van der Waals surface area contributed by atoms with E-state index in [1.54, 1.807) is 0 Å². The average Bonchev–Trinajstić information content (AvgIpc) is 3.61. The van der Waals surface area contributed by atoms with Gasteiger partial charge in [-0.2, -0.15) is 13.2 Å². The van der Waals surface area contributed by atoms with Crippen LogP contribution in [0.5, 0.6) is 0 Å². The third-order valence-electron chi connectivity index (χ3n) is 7.56. The summed E-state index contributed by atoms with van der Waals surface area (Å²) in [6, 6.07) is 1.58. The summed E-state index contributed by atoms with van der Waals surface area (Å²) in [6.07, 6.45) is 3.73. The number of carbonyl (C=O) groups is 2. The highest BCUT2D eigenvalue weighted by molar-refractivity contribution is 5.95. The maximum Gasteiger partial charge on any atom is 0.416 e. The molecule has 2 amide bonds. The first kappa shape index (κ1) is 24.9. The summed E-state index contributed by atoms with van der Waals surface area (Å²) in [5, 5.41) is 9.17. The van der Waals surface area contributed by atoms with Gasteiger partial charge in [-0.25, -0.2) is 4.39 Å². The minimum Gasteiger partial charge on any atom is -0.350 e. The van der Waals surface area contributed by atoms with Gasteiger partial charge in [0.25, 0.3) is 0 Å². The van der Waals surface area contributed by atoms with Crippen LogP contribution in [0.4, 0.5) is 17.6 Å². The summed E-state index contributed by atoms with van der Waals surface area (Å²) in [5.41, 5.74) is -2.34. The van der Waals surface area contributed by atoms with E-state index >= 15 is 0 Å². The molecule has 0 unspecified atom stereocenters. The highest BCUT2D eigenvalue weighted by Gasteiger charge is 2.53. The van der Waals surface area contributed by atoms with E-state index < -0.39 is 34.9 Å². The van der Waals surface area contributed by atoms with Gasteiger partial charge in [0.15, 0.2) is 0 Å². The molecule has 5 nitrogen and oxygen atoms in total. The molecule has 1 aromatic carbocycles. The van der Waals surface area contributed by atoms with Crippen LogP contribution in [0.1, 0.15) is 75.3 Å². The van der Waals surface area contributed by atoms with Crippen LogP contribution in [-0.2, 0) is 21.2 Å². The van der Waals surface area contributed by atoms with Crippen LogP contribution in [0.15, 0.2) is 18.2 Å². The first-order chi connectivity index (χ1) is 16.2. The van der Waals surface area contributed by atoms with Gasteiger partial charge in [0.05, 0.1) is 11.0 Å². The zero-order valence-electron chi connectivity index (χ0n) is 19.3. The standard InChI is InChI=1S/C25H33F4N3O2/c26-20-14-17(25(27,28)29)8-9-19(20)24(10-11-24)23(34)32-21(13-16-5-2-1-3-6-16)22(33)31-18-7-4-12-30-15-18/h8-9,14,16,18,21,30H,1-7,10-13,15H2,(H,31,33)(H,32,34)/t18-,21+/m1/s1. The van der Waals surface area contributed by atoms with Crippen LogP contribution in [-0.4, -0.2) is 37.0 Å². The molecule has 3 aliphatic rings. The molecule has 0 aromatic heterocycles. The van der Waals surface area contributed by atoms with E-state index in [-0.39, 0.29) is 17.5 Å². The summed E-state index contributed by atoms with van der Waals surface area (Å²) in [5.74, 6) is -1.43. The van der Waals surface area contributed by atoms with Crippen molar-refractivity contribution in [3.8, 4) is 0 Å². The molecule has 4 rings (SSSR count). The lowest BCUT2D eigenvalue weighted by Gasteiger charge is -2.30. The number of alkyl halides is 3. The molecule has 1 heterocycles. The second-order valence-corrected chi connectivity index (χ2v) is 10.1. The van der Waals surface area contributed by atoms with Gasteiger partial charge in [0.2, 0.25) is 11.8 Å². The molecule has 2 aliphatic carbocycles. The molecule has 0 radical (unpaired) electrons. The van der Waals surface area contributed by atoms with Crippen molar-refractivity contribution in [2.45, 2.75) is 87.9 Å². The van der Waals surface area contributed by atoms with Gasteiger partial charge in [0.1, 0.15) is 11.9 Å². The highest BCUT2D eigenvalue weighted by atomic mass is 19.4. The molecule has 34 heavy (non-hydrogen) atoms. The summed E-state index contributed by atoms with van der Waals surface area (Å²) in [6.45, 7) is 1.59. The van der Waals surface area contributed by atoms with Gasteiger partial charge in [-0.3, -0.25) is 9.59 Å². The van der Waals surface area contributed by atoms with E-state index in [1.165, 1.54) is 6.42 Å². The second kappa shape index (κ2) is 10.2. The number of nitrogens with one attached hydrogen (secondary N) is 3. The maximum absolute atomic E-state index is 14.7. The Kier molecular flexibility index (Phi) is 7.50. The normalized spacial score (nSPS) is 23.7. The molecule has 1 aromatic rings. The molecule has 2 saturated carbocycles.